The lowest BCUT2D eigenvalue weighted by molar-refractivity contribution is 0.448. The van der Waals surface area contributed by atoms with Gasteiger partial charge in [-0.2, -0.15) is 0 Å². The third-order valence-electron chi connectivity index (χ3n) is 3.52. The molecule has 1 aliphatic carbocycles. The van der Waals surface area contributed by atoms with E-state index in [4.69, 9.17) is 11.6 Å². The minimum atomic E-state index is 0.554. The van der Waals surface area contributed by atoms with Crippen LogP contribution in [0.5, 0.6) is 0 Å². The van der Waals surface area contributed by atoms with Crippen molar-refractivity contribution in [2.75, 3.05) is 19.0 Å². The highest BCUT2D eigenvalue weighted by Crippen LogP contribution is 2.48. The van der Waals surface area contributed by atoms with Crippen LogP contribution in [0, 0.1) is 5.41 Å². The van der Waals surface area contributed by atoms with Crippen LogP contribution in [0.15, 0.2) is 30.3 Å². The first-order valence-corrected chi connectivity index (χ1v) is 6.69. The second-order valence-corrected chi connectivity index (χ2v) is 5.23. The fraction of sp³-hybridized carbons (Fsp3) is 0.571. The number of halogens is 1. The molecule has 0 aromatic heterocycles. The molecule has 16 heavy (non-hydrogen) atoms. The van der Waals surface area contributed by atoms with Crippen LogP contribution >= 0.6 is 11.6 Å². The zero-order chi connectivity index (χ0) is 11.3. The average Bonchev–Trinajstić information content (AvgIpc) is 3.07. The standard InChI is InChI=1S/C14H20ClN/c15-10-9-14(7-8-14)12-16-11-6-13-4-2-1-3-5-13/h1-5,16H,6-12H2. The lowest BCUT2D eigenvalue weighted by Gasteiger charge is -2.14. The van der Waals surface area contributed by atoms with Crippen LogP contribution in [0.1, 0.15) is 24.8 Å². The van der Waals surface area contributed by atoms with E-state index >= 15 is 0 Å². The number of alkyl halides is 1. The Labute approximate surface area is 103 Å². The molecule has 0 bridgehead atoms. The highest BCUT2D eigenvalue weighted by atomic mass is 35.5. The molecule has 1 aromatic rings. The number of hydrogen-bond acceptors (Lipinski definition) is 1. The first kappa shape index (κ1) is 11.9. The van der Waals surface area contributed by atoms with Gasteiger partial charge in [-0.3, -0.25) is 0 Å². The molecule has 1 fully saturated rings. The van der Waals surface area contributed by atoms with Gasteiger partial charge in [0.1, 0.15) is 0 Å². The van der Waals surface area contributed by atoms with E-state index in [0.717, 1.165) is 25.4 Å². The minimum Gasteiger partial charge on any atom is -0.316 e. The molecule has 1 N–H and O–H groups in total. The van der Waals surface area contributed by atoms with E-state index in [0.29, 0.717) is 5.41 Å². The Bertz CT molecular complexity index is 306. The van der Waals surface area contributed by atoms with E-state index in [1.165, 1.54) is 24.8 Å². The van der Waals surface area contributed by atoms with E-state index in [9.17, 15) is 0 Å². The predicted octanol–water partition coefficient (Wildman–Crippen LogP) is 3.23. The summed E-state index contributed by atoms with van der Waals surface area (Å²) < 4.78 is 0. The predicted molar refractivity (Wildman–Crippen MR) is 70.0 cm³/mol. The van der Waals surface area contributed by atoms with Crippen molar-refractivity contribution >= 4 is 11.6 Å². The molecule has 0 atom stereocenters. The summed E-state index contributed by atoms with van der Waals surface area (Å²) in [5.41, 5.74) is 1.97. The molecule has 2 heteroatoms. The van der Waals surface area contributed by atoms with Crippen molar-refractivity contribution in [1.82, 2.24) is 5.32 Å². The Hall–Kier alpha value is -0.530. The molecule has 0 radical (unpaired) electrons. The fourth-order valence-electron chi connectivity index (χ4n) is 2.12. The molecule has 0 unspecified atom stereocenters. The van der Waals surface area contributed by atoms with Gasteiger partial charge in [-0.25, -0.2) is 0 Å². The quantitative estimate of drug-likeness (QED) is 0.567. The number of hydrogen-bond donors (Lipinski definition) is 1. The van der Waals surface area contributed by atoms with Crippen molar-refractivity contribution in [2.45, 2.75) is 25.7 Å². The Balaban J connectivity index is 1.62. The molecule has 0 aliphatic heterocycles. The Kier molecular flexibility index (Phi) is 4.25. The summed E-state index contributed by atoms with van der Waals surface area (Å²) in [6, 6.07) is 10.6. The molecule has 2 rings (SSSR count). The maximum Gasteiger partial charge on any atom is 0.0229 e. The van der Waals surface area contributed by atoms with Gasteiger partial charge < -0.3 is 5.32 Å². The number of nitrogens with one attached hydrogen (secondary N) is 1. The van der Waals surface area contributed by atoms with Crippen molar-refractivity contribution in [3.05, 3.63) is 35.9 Å². The molecule has 1 aromatic carbocycles. The smallest absolute Gasteiger partial charge is 0.0229 e. The molecule has 1 nitrogen and oxygen atoms in total. The summed E-state index contributed by atoms with van der Waals surface area (Å²) in [5, 5.41) is 3.56. The van der Waals surface area contributed by atoms with Crippen LogP contribution in [0.2, 0.25) is 0 Å². The molecule has 1 saturated carbocycles. The van der Waals surface area contributed by atoms with Crippen LogP contribution in [0.3, 0.4) is 0 Å². The molecule has 1 aliphatic rings. The Morgan fingerprint density at radius 3 is 2.56 bits per heavy atom. The van der Waals surface area contributed by atoms with Gasteiger partial charge in [0, 0.05) is 12.4 Å². The second kappa shape index (κ2) is 5.70. The first-order chi connectivity index (χ1) is 7.85. The van der Waals surface area contributed by atoms with Gasteiger partial charge in [-0.05, 0) is 43.2 Å². The van der Waals surface area contributed by atoms with E-state index in [1.54, 1.807) is 0 Å². The van der Waals surface area contributed by atoms with Crippen molar-refractivity contribution in [3.63, 3.8) is 0 Å². The van der Waals surface area contributed by atoms with Crippen LogP contribution in [-0.4, -0.2) is 19.0 Å². The zero-order valence-corrected chi connectivity index (χ0v) is 10.5. The molecule has 0 amide bonds. The SMILES string of the molecule is ClCCC1(CNCCc2ccccc2)CC1. The van der Waals surface area contributed by atoms with Crippen molar-refractivity contribution in [2.24, 2.45) is 5.41 Å². The molecule has 0 spiro atoms. The van der Waals surface area contributed by atoms with E-state index in [1.807, 2.05) is 0 Å². The number of rotatable bonds is 7. The summed E-state index contributed by atoms with van der Waals surface area (Å²) in [6.07, 6.45) is 5.01. The third-order valence-corrected chi connectivity index (χ3v) is 3.70. The summed E-state index contributed by atoms with van der Waals surface area (Å²) in [4.78, 5) is 0. The van der Waals surface area contributed by atoms with Gasteiger partial charge in [0.2, 0.25) is 0 Å². The normalized spacial score (nSPS) is 17.3. The number of benzene rings is 1. The minimum absolute atomic E-state index is 0.554. The van der Waals surface area contributed by atoms with Gasteiger partial charge in [-0.15, -0.1) is 11.6 Å². The first-order valence-electron chi connectivity index (χ1n) is 6.15. The highest BCUT2D eigenvalue weighted by Gasteiger charge is 2.40. The molecular formula is C14H20ClN. The summed E-state index contributed by atoms with van der Waals surface area (Å²) >= 11 is 5.81. The summed E-state index contributed by atoms with van der Waals surface area (Å²) in [6.45, 7) is 2.22. The highest BCUT2D eigenvalue weighted by molar-refractivity contribution is 6.17. The van der Waals surface area contributed by atoms with Gasteiger partial charge >= 0.3 is 0 Å². The maximum absolute atomic E-state index is 5.81. The van der Waals surface area contributed by atoms with Crippen molar-refractivity contribution in [1.29, 1.82) is 0 Å². The lowest BCUT2D eigenvalue weighted by Crippen LogP contribution is -2.26. The topological polar surface area (TPSA) is 12.0 Å². The monoisotopic (exact) mass is 237 g/mol. The molecule has 0 saturated heterocycles. The van der Waals surface area contributed by atoms with Gasteiger partial charge in [-0.1, -0.05) is 30.3 Å². The average molecular weight is 238 g/mol. The maximum atomic E-state index is 5.81. The van der Waals surface area contributed by atoms with Crippen molar-refractivity contribution < 1.29 is 0 Å². The van der Waals surface area contributed by atoms with E-state index in [-0.39, 0.29) is 0 Å². The van der Waals surface area contributed by atoms with Crippen molar-refractivity contribution in [3.8, 4) is 0 Å². The van der Waals surface area contributed by atoms with Crippen LogP contribution in [0.4, 0.5) is 0 Å². The van der Waals surface area contributed by atoms with E-state index < -0.39 is 0 Å². The molecular weight excluding hydrogens is 218 g/mol. The summed E-state index contributed by atoms with van der Waals surface area (Å²) in [7, 11) is 0. The lowest BCUT2D eigenvalue weighted by atomic mass is 10.0. The Morgan fingerprint density at radius 2 is 1.94 bits per heavy atom. The van der Waals surface area contributed by atoms with E-state index in [2.05, 4.69) is 35.6 Å². The van der Waals surface area contributed by atoms with Crippen LogP contribution in [0.25, 0.3) is 0 Å². The van der Waals surface area contributed by atoms with Crippen LogP contribution < -0.4 is 5.32 Å². The summed E-state index contributed by atoms with van der Waals surface area (Å²) in [5.74, 6) is 0.806. The van der Waals surface area contributed by atoms with Gasteiger partial charge in [0.25, 0.3) is 0 Å². The van der Waals surface area contributed by atoms with Gasteiger partial charge in [0.05, 0.1) is 0 Å². The molecule has 0 heterocycles. The third kappa shape index (κ3) is 3.50. The second-order valence-electron chi connectivity index (χ2n) is 4.85. The van der Waals surface area contributed by atoms with Gasteiger partial charge in [0.15, 0.2) is 0 Å². The van der Waals surface area contributed by atoms with Crippen LogP contribution in [-0.2, 0) is 6.42 Å². The Morgan fingerprint density at radius 1 is 1.19 bits per heavy atom. The fourth-order valence-corrected chi connectivity index (χ4v) is 2.52. The molecule has 88 valence electrons. The largest absolute Gasteiger partial charge is 0.316 e. The zero-order valence-electron chi connectivity index (χ0n) is 9.71.